The number of hydrogen-bond donors (Lipinski definition) is 7. The largest absolute Gasteiger partial charge is 0.481 e. The normalized spacial score (nSPS) is 15.5. The summed E-state index contributed by atoms with van der Waals surface area (Å²) in [4.78, 5) is 69.6. The van der Waals surface area contributed by atoms with E-state index >= 15 is 0 Å². The molecule has 3 amide bonds. The third-order valence-electron chi connectivity index (χ3n) is 4.58. The summed E-state index contributed by atoms with van der Waals surface area (Å²) >= 11 is 0. The smallest absolute Gasteiger partial charge is 0.326 e. The van der Waals surface area contributed by atoms with E-state index in [-0.39, 0.29) is 12.3 Å². The molecular weight excluding hydrogens is 416 g/mol. The third kappa shape index (κ3) is 10.4. The number of carboxylic acids is 3. The van der Waals surface area contributed by atoms with Gasteiger partial charge in [0, 0.05) is 6.42 Å². The third-order valence-corrected chi connectivity index (χ3v) is 4.58. The molecule has 0 radical (unpaired) electrons. The van der Waals surface area contributed by atoms with Crippen LogP contribution in [-0.4, -0.2) is 75.1 Å². The van der Waals surface area contributed by atoms with Crippen molar-refractivity contribution in [3.8, 4) is 0 Å². The topological polar surface area (TPSA) is 225 Å². The minimum absolute atomic E-state index is 0.225. The molecule has 8 N–H and O–H groups in total. The van der Waals surface area contributed by atoms with Crippen LogP contribution in [0.25, 0.3) is 0 Å². The van der Waals surface area contributed by atoms with Crippen molar-refractivity contribution in [3.05, 3.63) is 0 Å². The molecule has 31 heavy (non-hydrogen) atoms. The number of carbonyl (C=O) groups is 6. The molecule has 0 saturated carbocycles. The summed E-state index contributed by atoms with van der Waals surface area (Å²) in [6.07, 6.45) is -1.06. The molecule has 0 fully saturated rings. The van der Waals surface area contributed by atoms with Gasteiger partial charge in [-0.25, -0.2) is 4.79 Å². The first-order chi connectivity index (χ1) is 14.3. The van der Waals surface area contributed by atoms with Gasteiger partial charge >= 0.3 is 17.9 Å². The van der Waals surface area contributed by atoms with E-state index in [0.29, 0.717) is 6.42 Å². The van der Waals surface area contributed by atoms with Gasteiger partial charge in [0.2, 0.25) is 17.7 Å². The SMILES string of the molecule is CCC(C)C(N)C(=O)NC(CC(=O)O)C(=O)NC(C)C(=O)NC(CCC(=O)O)C(=O)O. The Labute approximate surface area is 178 Å². The number of carboxylic acid groups (broad SMARTS) is 3. The number of hydrogen-bond acceptors (Lipinski definition) is 7. The first-order valence-corrected chi connectivity index (χ1v) is 9.63. The molecule has 0 bridgehead atoms. The number of aliphatic carboxylic acids is 3. The van der Waals surface area contributed by atoms with E-state index in [4.69, 9.17) is 21.1 Å². The highest BCUT2D eigenvalue weighted by molar-refractivity contribution is 5.95. The van der Waals surface area contributed by atoms with Crippen molar-refractivity contribution < 1.29 is 44.1 Å². The zero-order valence-corrected chi connectivity index (χ0v) is 17.6. The van der Waals surface area contributed by atoms with Gasteiger partial charge in [0.25, 0.3) is 0 Å². The van der Waals surface area contributed by atoms with E-state index in [1.807, 2.05) is 0 Å². The molecule has 13 nitrogen and oxygen atoms in total. The summed E-state index contributed by atoms with van der Waals surface area (Å²) in [7, 11) is 0. The van der Waals surface area contributed by atoms with E-state index in [9.17, 15) is 28.8 Å². The van der Waals surface area contributed by atoms with Gasteiger partial charge in [-0.15, -0.1) is 0 Å². The van der Waals surface area contributed by atoms with Gasteiger partial charge < -0.3 is 37.0 Å². The monoisotopic (exact) mass is 446 g/mol. The minimum atomic E-state index is -1.52. The first-order valence-electron chi connectivity index (χ1n) is 9.63. The Morgan fingerprint density at radius 2 is 1.35 bits per heavy atom. The Balaban J connectivity index is 5.12. The van der Waals surface area contributed by atoms with Crippen molar-refractivity contribution in [1.29, 1.82) is 0 Å². The van der Waals surface area contributed by atoms with Crippen LogP contribution in [0, 0.1) is 5.92 Å². The van der Waals surface area contributed by atoms with E-state index in [1.54, 1.807) is 13.8 Å². The zero-order valence-electron chi connectivity index (χ0n) is 17.6. The van der Waals surface area contributed by atoms with Crippen molar-refractivity contribution in [2.24, 2.45) is 11.7 Å². The fourth-order valence-electron chi connectivity index (χ4n) is 2.37. The number of nitrogens with two attached hydrogens (primary N) is 1. The maximum atomic E-state index is 12.4. The standard InChI is InChI=1S/C18H30N4O9/c1-4-8(2)14(19)17(29)22-11(7-13(25)26)16(28)20-9(3)15(27)21-10(18(30)31)5-6-12(23)24/h8-11,14H,4-7,19H2,1-3H3,(H,20,28)(H,21,27)(H,22,29)(H,23,24)(H,25,26)(H,30,31). The highest BCUT2D eigenvalue weighted by Crippen LogP contribution is 2.06. The first kappa shape index (κ1) is 27.8. The molecule has 5 unspecified atom stereocenters. The molecule has 0 spiro atoms. The molecular formula is C18H30N4O9. The molecule has 0 aromatic rings. The molecule has 0 aromatic heterocycles. The Morgan fingerprint density at radius 3 is 1.81 bits per heavy atom. The van der Waals surface area contributed by atoms with Gasteiger partial charge in [-0.2, -0.15) is 0 Å². The van der Waals surface area contributed by atoms with Crippen molar-refractivity contribution in [3.63, 3.8) is 0 Å². The highest BCUT2D eigenvalue weighted by atomic mass is 16.4. The predicted molar refractivity (Wildman–Crippen MR) is 106 cm³/mol. The van der Waals surface area contributed by atoms with Crippen molar-refractivity contribution in [2.75, 3.05) is 0 Å². The van der Waals surface area contributed by atoms with E-state index in [1.165, 1.54) is 6.92 Å². The number of rotatable bonds is 14. The fraction of sp³-hybridized carbons (Fsp3) is 0.667. The number of nitrogens with one attached hydrogen (secondary N) is 3. The maximum Gasteiger partial charge on any atom is 0.326 e. The maximum absolute atomic E-state index is 12.4. The summed E-state index contributed by atoms with van der Waals surface area (Å²) in [6.45, 7) is 4.74. The van der Waals surface area contributed by atoms with Gasteiger partial charge in [0.05, 0.1) is 12.5 Å². The average Bonchev–Trinajstić information content (AvgIpc) is 2.67. The lowest BCUT2D eigenvalue weighted by molar-refractivity contribution is -0.144. The summed E-state index contributed by atoms with van der Waals surface area (Å²) in [5.74, 6) is -6.94. The molecule has 0 aliphatic heterocycles. The second-order valence-corrected chi connectivity index (χ2v) is 7.13. The molecule has 5 atom stereocenters. The van der Waals surface area contributed by atoms with Gasteiger partial charge in [0.15, 0.2) is 0 Å². The lowest BCUT2D eigenvalue weighted by atomic mass is 9.99. The molecule has 0 aliphatic carbocycles. The minimum Gasteiger partial charge on any atom is -0.481 e. The van der Waals surface area contributed by atoms with Crippen LogP contribution in [0.3, 0.4) is 0 Å². The molecule has 0 heterocycles. The van der Waals surface area contributed by atoms with Gasteiger partial charge in [-0.3, -0.25) is 24.0 Å². The quantitative estimate of drug-likeness (QED) is 0.159. The van der Waals surface area contributed by atoms with Gasteiger partial charge in [-0.1, -0.05) is 20.3 Å². The van der Waals surface area contributed by atoms with Crippen LogP contribution >= 0.6 is 0 Å². The van der Waals surface area contributed by atoms with Gasteiger partial charge in [0.1, 0.15) is 18.1 Å². The molecule has 0 rings (SSSR count). The zero-order chi connectivity index (χ0) is 24.3. The van der Waals surface area contributed by atoms with Crippen LogP contribution in [0.15, 0.2) is 0 Å². The van der Waals surface area contributed by atoms with Crippen LogP contribution < -0.4 is 21.7 Å². The molecule has 0 aliphatic rings. The fourth-order valence-corrected chi connectivity index (χ4v) is 2.37. The molecule has 0 aromatic carbocycles. The van der Waals surface area contributed by atoms with Crippen LogP contribution in [0.1, 0.15) is 46.5 Å². The summed E-state index contributed by atoms with van der Waals surface area (Å²) in [6, 6.07) is -5.28. The molecule has 0 saturated heterocycles. The molecule has 13 heteroatoms. The Morgan fingerprint density at radius 1 is 0.806 bits per heavy atom. The van der Waals surface area contributed by atoms with E-state index < -0.39 is 72.6 Å². The van der Waals surface area contributed by atoms with Crippen LogP contribution in [0.2, 0.25) is 0 Å². The lowest BCUT2D eigenvalue weighted by Crippen LogP contribution is -2.57. The second kappa shape index (κ2) is 13.2. The summed E-state index contributed by atoms with van der Waals surface area (Å²) in [5.41, 5.74) is 5.78. The van der Waals surface area contributed by atoms with E-state index in [0.717, 1.165) is 0 Å². The highest BCUT2D eigenvalue weighted by Gasteiger charge is 2.30. The molecule has 176 valence electrons. The van der Waals surface area contributed by atoms with E-state index in [2.05, 4.69) is 16.0 Å². The average molecular weight is 446 g/mol. The van der Waals surface area contributed by atoms with Crippen LogP contribution in [0.4, 0.5) is 0 Å². The summed E-state index contributed by atoms with van der Waals surface area (Å²) < 4.78 is 0. The van der Waals surface area contributed by atoms with Crippen LogP contribution in [-0.2, 0) is 28.8 Å². The lowest BCUT2D eigenvalue weighted by Gasteiger charge is -2.24. The Kier molecular flexibility index (Phi) is 11.8. The Hall–Kier alpha value is -3.22. The van der Waals surface area contributed by atoms with Crippen molar-refractivity contribution >= 4 is 35.6 Å². The second-order valence-electron chi connectivity index (χ2n) is 7.13. The van der Waals surface area contributed by atoms with Gasteiger partial charge in [-0.05, 0) is 19.3 Å². The van der Waals surface area contributed by atoms with Crippen LogP contribution in [0.5, 0.6) is 0 Å². The predicted octanol–water partition coefficient (Wildman–Crippen LogP) is -1.74. The van der Waals surface area contributed by atoms with Crippen molar-refractivity contribution in [2.45, 2.75) is 70.6 Å². The number of carbonyl (C=O) groups excluding carboxylic acids is 3. The van der Waals surface area contributed by atoms with Crippen molar-refractivity contribution in [1.82, 2.24) is 16.0 Å². The number of amides is 3. The summed E-state index contributed by atoms with van der Waals surface area (Å²) in [5, 5.41) is 33.3. The Bertz CT molecular complexity index is 698.